The van der Waals surface area contributed by atoms with E-state index in [-0.39, 0.29) is 5.91 Å². The Hall–Kier alpha value is -3.15. The number of likely N-dealkylation sites (tertiary alicyclic amines) is 1. The van der Waals surface area contributed by atoms with Crippen LogP contribution in [0, 0.1) is 26.7 Å². The zero-order valence-electron chi connectivity index (χ0n) is 17.8. The maximum absolute atomic E-state index is 13.2. The highest BCUT2D eigenvalue weighted by molar-refractivity contribution is 5.94. The van der Waals surface area contributed by atoms with E-state index < -0.39 is 0 Å². The van der Waals surface area contributed by atoms with Crippen LogP contribution in [0.1, 0.15) is 40.2 Å². The van der Waals surface area contributed by atoms with E-state index in [1.165, 1.54) is 16.6 Å². The van der Waals surface area contributed by atoms with E-state index in [0.717, 1.165) is 49.3 Å². The number of carbonyl (C=O) groups excluding carboxylic acids is 1. The summed E-state index contributed by atoms with van der Waals surface area (Å²) >= 11 is 0. The topological polar surface area (TPSA) is 55.4 Å². The number of hydrogen-bond donors (Lipinski definition) is 0. The van der Waals surface area contributed by atoms with E-state index in [1.54, 1.807) is 0 Å². The lowest BCUT2D eigenvalue weighted by Crippen LogP contribution is -2.40. The first kappa shape index (κ1) is 18.9. The number of carbonyl (C=O) groups is 1. The van der Waals surface area contributed by atoms with Gasteiger partial charge in [-0.15, -0.1) is 0 Å². The van der Waals surface area contributed by atoms with Crippen LogP contribution >= 0.6 is 0 Å². The molecule has 1 amide bonds. The smallest absolute Gasteiger partial charge is 0.272 e. The van der Waals surface area contributed by atoms with E-state index in [2.05, 4.69) is 40.5 Å². The van der Waals surface area contributed by atoms with Crippen LogP contribution in [0.15, 0.2) is 42.9 Å². The number of benzene rings is 1. The summed E-state index contributed by atoms with van der Waals surface area (Å²) in [6.07, 6.45) is 5.89. The van der Waals surface area contributed by atoms with E-state index in [0.29, 0.717) is 11.6 Å². The van der Waals surface area contributed by atoms with Gasteiger partial charge in [-0.05, 0) is 74.9 Å². The van der Waals surface area contributed by atoms with Crippen LogP contribution in [0.4, 0.5) is 0 Å². The second-order valence-electron chi connectivity index (χ2n) is 8.53. The Labute approximate surface area is 176 Å². The lowest BCUT2D eigenvalue weighted by atomic mass is 9.96. The molecular formula is C24H27N5O. The van der Waals surface area contributed by atoms with Gasteiger partial charge >= 0.3 is 0 Å². The number of rotatable bonds is 3. The van der Waals surface area contributed by atoms with Crippen molar-refractivity contribution in [2.24, 2.45) is 5.92 Å². The molecule has 0 aliphatic carbocycles. The third kappa shape index (κ3) is 3.16. The number of fused-ring (bicyclic) bond motifs is 2. The first-order valence-electron chi connectivity index (χ1n) is 10.7. The van der Waals surface area contributed by atoms with Gasteiger partial charge in [0.05, 0.1) is 23.1 Å². The van der Waals surface area contributed by atoms with E-state index >= 15 is 0 Å². The number of imidazole rings is 2. The van der Waals surface area contributed by atoms with Gasteiger partial charge in [0.25, 0.3) is 5.91 Å². The molecular weight excluding hydrogens is 374 g/mol. The highest BCUT2D eigenvalue weighted by atomic mass is 16.2. The van der Waals surface area contributed by atoms with Gasteiger partial charge in [-0.25, -0.2) is 9.97 Å². The molecule has 0 spiro atoms. The van der Waals surface area contributed by atoms with Gasteiger partial charge in [-0.3, -0.25) is 9.20 Å². The van der Waals surface area contributed by atoms with Gasteiger partial charge in [0.15, 0.2) is 0 Å². The molecule has 6 nitrogen and oxygen atoms in total. The molecule has 5 rings (SSSR count). The summed E-state index contributed by atoms with van der Waals surface area (Å²) in [6, 6.07) is 10.2. The number of piperidine rings is 1. The first-order chi connectivity index (χ1) is 14.5. The second-order valence-corrected chi connectivity index (χ2v) is 8.53. The lowest BCUT2D eigenvalue weighted by molar-refractivity contribution is 0.0675. The second kappa shape index (κ2) is 7.27. The molecule has 0 atom stereocenters. The Morgan fingerprint density at radius 1 is 1.10 bits per heavy atom. The molecule has 30 heavy (non-hydrogen) atoms. The first-order valence-corrected chi connectivity index (χ1v) is 10.7. The molecule has 4 aromatic rings. The fourth-order valence-corrected chi connectivity index (χ4v) is 4.58. The molecule has 0 unspecified atom stereocenters. The Bertz CT molecular complexity index is 1240. The van der Waals surface area contributed by atoms with Crippen molar-refractivity contribution in [1.82, 2.24) is 23.8 Å². The number of aromatic nitrogens is 4. The van der Waals surface area contributed by atoms with Gasteiger partial charge in [-0.2, -0.15) is 0 Å². The third-order valence-electron chi connectivity index (χ3n) is 6.50. The van der Waals surface area contributed by atoms with E-state index in [4.69, 9.17) is 0 Å². The van der Waals surface area contributed by atoms with Crippen molar-refractivity contribution in [2.75, 3.05) is 13.1 Å². The van der Waals surface area contributed by atoms with Crippen molar-refractivity contribution >= 4 is 22.6 Å². The minimum absolute atomic E-state index is 0.0869. The normalized spacial score (nSPS) is 15.4. The fourth-order valence-electron chi connectivity index (χ4n) is 4.58. The van der Waals surface area contributed by atoms with Gasteiger partial charge < -0.3 is 9.47 Å². The van der Waals surface area contributed by atoms with Crippen LogP contribution in [0.5, 0.6) is 0 Å². The number of amides is 1. The zero-order valence-corrected chi connectivity index (χ0v) is 17.8. The molecule has 6 heteroatoms. The summed E-state index contributed by atoms with van der Waals surface area (Å²) in [6.45, 7) is 8.72. The number of nitrogens with zero attached hydrogens (tertiary/aromatic N) is 5. The summed E-state index contributed by atoms with van der Waals surface area (Å²) in [4.78, 5) is 24.3. The van der Waals surface area contributed by atoms with Crippen LogP contribution < -0.4 is 0 Å². The summed E-state index contributed by atoms with van der Waals surface area (Å²) in [5.74, 6) is 0.639. The minimum Gasteiger partial charge on any atom is -0.337 e. The Kier molecular flexibility index (Phi) is 4.57. The molecule has 1 fully saturated rings. The summed E-state index contributed by atoms with van der Waals surface area (Å²) in [7, 11) is 0. The molecule has 4 heterocycles. The lowest BCUT2D eigenvalue weighted by Gasteiger charge is -2.32. The average molecular weight is 402 g/mol. The van der Waals surface area contributed by atoms with Crippen molar-refractivity contribution < 1.29 is 4.79 Å². The van der Waals surface area contributed by atoms with Crippen LogP contribution in [0.2, 0.25) is 0 Å². The standard InChI is InChI=1S/C24H27N5O/c1-16-12-20-21(13-17(16)2)28(15-25-20)14-19-7-10-27(11-8-19)24(30)23-18(3)26-22-6-4-5-9-29(22)23/h4-6,9,12-13,15,19H,7-8,10-11,14H2,1-3H3. The largest absolute Gasteiger partial charge is 0.337 e. The highest BCUT2D eigenvalue weighted by Crippen LogP contribution is 2.25. The quantitative estimate of drug-likeness (QED) is 0.518. The van der Waals surface area contributed by atoms with Crippen molar-refractivity contribution in [3.63, 3.8) is 0 Å². The summed E-state index contributed by atoms with van der Waals surface area (Å²) in [5, 5.41) is 0. The maximum Gasteiger partial charge on any atom is 0.272 e. The molecule has 1 aliphatic heterocycles. The zero-order chi connectivity index (χ0) is 20.8. The number of hydrogen-bond acceptors (Lipinski definition) is 3. The predicted molar refractivity (Wildman–Crippen MR) is 118 cm³/mol. The molecule has 0 saturated carbocycles. The molecule has 1 aromatic carbocycles. The van der Waals surface area contributed by atoms with Crippen LogP contribution in [0.25, 0.3) is 16.7 Å². The van der Waals surface area contributed by atoms with Gasteiger partial charge in [0.1, 0.15) is 11.3 Å². The summed E-state index contributed by atoms with van der Waals surface area (Å²) < 4.78 is 4.18. The molecule has 0 N–H and O–H groups in total. The van der Waals surface area contributed by atoms with E-state index in [1.807, 2.05) is 46.9 Å². The fraction of sp³-hybridized carbons (Fsp3) is 0.375. The monoisotopic (exact) mass is 401 g/mol. The molecule has 3 aromatic heterocycles. The van der Waals surface area contributed by atoms with Crippen LogP contribution in [0.3, 0.4) is 0 Å². The van der Waals surface area contributed by atoms with Crippen molar-refractivity contribution in [3.05, 3.63) is 65.4 Å². The molecule has 1 aliphatic rings. The molecule has 0 radical (unpaired) electrons. The van der Waals surface area contributed by atoms with Crippen molar-refractivity contribution in [1.29, 1.82) is 0 Å². The molecule has 154 valence electrons. The Morgan fingerprint density at radius 2 is 1.87 bits per heavy atom. The van der Waals surface area contributed by atoms with Crippen LogP contribution in [-0.4, -0.2) is 42.8 Å². The van der Waals surface area contributed by atoms with Crippen LogP contribution in [-0.2, 0) is 6.54 Å². The van der Waals surface area contributed by atoms with Gasteiger partial charge in [0.2, 0.25) is 0 Å². The van der Waals surface area contributed by atoms with Crippen molar-refractivity contribution in [2.45, 2.75) is 40.2 Å². The highest BCUT2D eigenvalue weighted by Gasteiger charge is 2.27. The number of pyridine rings is 1. The van der Waals surface area contributed by atoms with E-state index in [9.17, 15) is 4.79 Å². The van der Waals surface area contributed by atoms with Gasteiger partial charge in [0, 0.05) is 25.8 Å². The Balaban J connectivity index is 1.29. The SMILES string of the molecule is Cc1cc2ncn(CC3CCN(C(=O)c4c(C)nc5ccccn45)CC3)c2cc1C. The minimum atomic E-state index is 0.0869. The van der Waals surface area contributed by atoms with Gasteiger partial charge in [-0.1, -0.05) is 6.07 Å². The number of aryl methyl sites for hydroxylation is 3. The third-order valence-corrected chi connectivity index (χ3v) is 6.50. The predicted octanol–water partition coefficient (Wildman–Crippen LogP) is 4.16. The summed E-state index contributed by atoms with van der Waals surface area (Å²) in [5.41, 5.74) is 7.16. The Morgan fingerprint density at radius 3 is 2.67 bits per heavy atom. The maximum atomic E-state index is 13.2. The molecule has 0 bridgehead atoms. The van der Waals surface area contributed by atoms with Crippen molar-refractivity contribution in [3.8, 4) is 0 Å². The molecule has 1 saturated heterocycles. The average Bonchev–Trinajstić information content (AvgIpc) is 3.28.